The largest absolute Gasteiger partial charge is 0.325 e. The van der Waals surface area contributed by atoms with Crippen molar-refractivity contribution in [1.29, 1.82) is 5.26 Å². The van der Waals surface area contributed by atoms with Crippen LogP contribution in [-0.4, -0.2) is 11.7 Å². The normalized spacial score (nSPS) is 11.7. The number of ketones is 1. The van der Waals surface area contributed by atoms with Crippen LogP contribution in [0.2, 0.25) is 5.02 Å². The number of carbonyl (C=O) groups excluding carboxylic acids is 2. The van der Waals surface area contributed by atoms with Crippen molar-refractivity contribution < 1.29 is 9.59 Å². The number of benzene rings is 2. The predicted octanol–water partition coefficient (Wildman–Crippen LogP) is 3.70. The van der Waals surface area contributed by atoms with E-state index >= 15 is 0 Å². The Morgan fingerprint density at radius 3 is 2.52 bits per heavy atom. The fraction of sp³-hybridized carbons (Fsp3) is 0.0556. The zero-order chi connectivity index (χ0) is 16.7. The fourth-order valence-electron chi connectivity index (χ4n) is 1.87. The highest BCUT2D eigenvalue weighted by atomic mass is 35.5. The van der Waals surface area contributed by atoms with Crippen LogP contribution in [0.25, 0.3) is 6.08 Å². The summed E-state index contributed by atoms with van der Waals surface area (Å²) in [6, 6.07) is 17.3. The average molecular weight is 325 g/mol. The third-order valence-electron chi connectivity index (χ3n) is 3.01. The number of carbonyl (C=O) groups is 2. The topological polar surface area (TPSA) is 70.0 Å². The summed E-state index contributed by atoms with van der Waals surface area (Å²) >= 11 is 5.86. The van der Waals surface area contributed by atoms with Gasteiger partial charge in [0.25, 0.3) is 0 Å². The molecule has 0 aliphatic heterocycles. The minimum absolute atomic E-state index is 0.532. The molecule has 0 aliphatic carbocycles. The summed E-state index contributed by atoms with van der Waals surface area (Å²) in [5, 5.41) is 12.2. The van der Waals surface area contributed by atoms with E-state index in [0.29, 0.717) is 16.3 Å². The van der Waals surface area contributed by atoms with E-state index in [2.05, 4.69) is 5.32 Å². The Hall–Kier alpha value is -2.90. The molecular formula is C18H13ClN2O2. The van der Waals surface area contributed by atoms with Gasteiger partial charge < -0.3 is 5.32 Å². The standard InChI is InChI=1S/C18H13ClN2O2/c19-14-6-4-5-13(11-14)9-10-17(22)16(12-20)18(23)21-15-7-2-1-3-8-15/h1-11,16H,(H,21,23)/b10-9+/t16-/m0/s1. The highest BCUT2D eigenvalue weighted by Gasteiger charge is 2.24. The Morgan fingerprint density at radius 1 is 1.13 bits per heavy atom. The third-order valence-corrected chi connectivity index (χ3v) is 3.24. The van der Waals surface area contributed by atoms with Gasteiger partial charge in [-0.3, -0.25) is 9.59 Å². The van der Waals surface area contributed by atoms with Gasteiger partial charge in [0, 0.05) is 10.7 Å². The highest BCUT2D eigenvalue weighted by molar-refractivity contribution is 6.30. The summed E-state index contributed by atoms with van der Waals surface area (Å²) in [6.07, 6.45) is 2.73. The molecule has 0 heterocycles. The molecule has 2 rings (SSSR count). The van der Waals surface area contributed by atoms with Gasteiger partial charge in [0.2, 0.25) is 5.91 Å². The predicted molar refractivity (Wildman–Crippen MR) is 89.7 cm³/mol. The lowest BCUT2D eigenvalue weighted by Crippen LogP contribution is -2.27. The van der Waals surface area contributed by atoms with Gasteiger partial charge in [-0.05, 0) is 35.9 Å². The Bertz CT molecular complexity index is 779. The lowest BCUT2D eigenvalue weighted by molar-refractivity contribution is -0.126. The number of allylic oxidation sites excluding steroid dienone is 1. The Labute approximate surface area is 139 Å². The third kappa shape index (κ3) is 4.80. The van der Waals surface area contributed by atoms with Gasteiger partial charge in [0.05, 0.1) is 6.07 Å². The van der Waals surface area contributed by atoms with E-state index in [9.17, 15) is 9.59 Å². The molecule has 1 atom stereocenters. The summed E-state index contributed by atoms with van der Waals surface area (Å²) < 4.78 is 0. The SMILES string of the molecule is N#C[C@@H](C(=O)/C=C/c1cccc(Cl)c1)C(=O)Nc1ccccc1. The first-order valence-electron chi connectivity index (χ1n) is 6.83. The minimum atomic E-state index is -1.40. The van der Waals surface area contributed by atoms with Crippen molar-refractivity contribution in [3.8, 4) is 6.07 Å². The zero-order valence-electron chi connectivity index (χ0n) is 12.1. The van der Waals surface area contributed by atoms with E-state index in [1.54, 1.807) is 60.7 Å². The molecule has 1 amide bonds. The minimum Gasteiger partial charge on any atom is -0.325 e. The Balaban J connectivity index is 2.06. The highest BCUT2D eigenvalue weighted by Crippen LogP contribution is 2.13. The molecule has 114 valence electrons. The molecule has 0 aliphatic rings. The maximum atomic E-state index is 12.1. The number of nitrogens with zero attached hydrogens (tertiary/aromatic N) is 1. The van der Waals surface area contributed by atoms with Crippen LogP contribution in [0.3, 0.4) is 0 Å². The van der Waals surface area contributed by atoms with E-state index in [-0.39, 0.29) is 0 Å². The first-order chi connectivity index (χ1) is 11.1. The molecular weight excluding hydrogens is 312 g/mol. The van der Waals surface area contributed by atoms with Gasteiger partial charge in [-0.25, -0.2) is 0 Å². The second-order valence-electron chi connectivity index (χ2n) is 4.71. The number of para-hydroxylation sites is 1. The fourth-order valence-corrected chi connectivity index (χ4v) is 2.07. The molecule has 1 N–H and O–H groups in total. The molecule has 0 unspecified atom stereocenters. The van der Waals surface area contributed by atoms with Crippen LogP contribution in [-0.2, 0) is 9.59 Å². The molecule has 5 heteroatoms. The van der Waals surface area contributed by atoms with Crippen LogP contribution in [0.1, 0.15) is 5.56 Å². The molecule has 0 bridgehead atoms. The lowest BCUT2D eigenvalue weighted by atomic mass is 10.0. The molecule has 0 fully saturated rings. The van der Waals surface area contributed by atoms with Crippen molar-refractivity contribution in [2.75, 3.05) is 5.32 Å². The zero-order valence-corrected chi connectivity index (χ0v) is 12.8. The molecule has 0 radical (unpaired) electrons. The smallest absolute Gasteiger partial charge is 0.249 e. The number of amides is 1. The van der Waals surface area contributed by atoms with Crippen LogP contribution < -0.4 is 5.32 Å². The maximum absolute atomic E-state index is 12.1. The van der Waals surface area contributed by atoms with Crippen LogP contribution in [0.15, 0.2) is 60.7 Å². The number of rotatable bonds is 5. The summed E-state index contributed by atoms with van der Waals surface area (Å²) in [7, 11) is 0. The van der Waals surface area contributed by atoms with E-state index in [0.717, 1.165) is 0 Å². The van der Waals surface area contributed by atoms with E-state index in [1.165, 1.54) is 12.2 Å². The quantitative estimate of drug-likeness (QED) is 0.673. The van der Waals surface area contributed by atoms with Gasteiger partial charge in [0.15, 0.2) is 11.7 Å². The second-order valence-corrected chi connectivity index (χ2v) is 5.14. The first-order valence-corrected chi connectivity index (χ1v) is 7.21. The molecule has 0 saturated heterocycles. The summed E-state index contributed by atoms with van der Waals surface area (Å²) in [5.41, 5.74) is 1.25. The summed E-state index contributed by atoms with van der Waals surface area (Å²) in [4.78, 5) is 24.1. The lowest BCUT2D eigenvalue weighted by Gasteiger charge is -2.07. The van der Waals surface area contributed by atoms with Crippen LogP contribution >= 0.6 is 11.6 Å². The summed E-state index contributed by atoms with van der Waals surface area (Å²) in [6.45, 7) is 0. The van der Waals surface area contributed by atoms with Crippen molar-refractivity contribution in [1.82, 2.24) is 0 Å². The molecule has 0 saturated carbocycles. The number of hydrogen-bond acceptors (Lipinski definition) is 3. The molecule has 2 aromatic carbocycles. The molecule has 23 heavy (non-hydrogen) atoms. The van der Waals surface area contributed by atoms with Crippen molar-refractivity contribution in [3.05, 3.63) is 71.3 Å². The first kappa shape index (κ1) is 16.5. The monoisotopic (exact) mass is 324 g/mol. The van der Waals surface area contributed by atoms with Gasteiger partial charge in [-0.1, -0.05) is 48.0 Å². The van der Waals surface area contributed by atoms with Gasteiger partial charge in [-0.2, -0.15) is 5.26 Å². The van der Waals surface area contributed by atoms with E-state index in [4.69, 9.17) is 16.9 Å². The van der Waals surface area contributed by atoms with Gasteiger partial charge in [-0.15, -0.1) is 0 Å². The second kappa shape index (κ2) is 7.92. The van der Waals surface area contributed by atoms with Gasteiger partial charge >= 0.3 is 0 Å². The van der Waals surface area contributed by atoms with Crippen molar-refractivity contribution in [2.24, 2.45) is 5.92 Å². The molecule has 0 aromatic heterocycles. The summed E-state index contributed by atoms with van der Waals surface area (Å²) in [5.74, 6) is -2.63. The number of anilines is 1. The van der Waals surface area contributed by atoms with Crippen molar-refractivity contribution >= 4 is 35.1 Å². The van der Waals surface area contributed by atoms with Crippen LogP contribution in [0.5, 0.6) is 0 Å². The molecule has 2 aromatic rings. The Morgan fingerprint density at radius 2 is 1.87 bits per heavy atom. The average Bonchev–Trinajstić information content (AvgIpc) is 2.54. The number of hydrogen-bond donors (Lipinski definition) is 1. The van der Waals surface area contributed by atoms with E-state index < -0.39 is 17.6 Å². The molecule has 4 nitrogen and oxygen atoms in total. The number of nitriles is 1. The Kier molecular flexibility index (Phi) is 5.67. The number of halogens is 1. The van der Waals surface area contributed by atoms with Gasteiger partial charge in [0.1, 0.15) is 0 Å². The maximum Gasteiger partial charge on any atom is 0.249 e. The number of nitrogens with one attached hydrogen (secondary N) is 1. The van der Waals surface area contributed by atoms with Crippen molar-refractivity contribution in [2.45, 2.75) is 0 Å². The van der Waals surface area contributed by atoms with Crippen LogP contribution in [0.4, 0.5) is 5.69 Å². The van der Waals surface area contributed by atoms with E-state index in [1.807, 2.05) is 0 Å². The van der Waals surface area contributed by atoms with Crippen LogP contribution in [0, 0.1) is 17.2 Å². The van der Waals surface area contributed by atoms with Crippen molar-refractivity contribution in [3.63, 3.8) is 0 Å². The molecule has 0 spiro atoms.